The zero-order valence-corrected chi connectivity index (χ0v) is 20.6. The van der Waals surface area contributed by atoms with Crippen LogP contribution in [0.1, 0.15) is 11.1 Å². The zero-order chi connectivity index (χ0) is 24.8. The Morgan fingerprint density at radius 1 is 0.571 bits per heavy atom. The molecule has 1 N–H and O–H groups in total. The average molecular weight is 492 g/mol. The number of hydrogen-bond donors (Lipinski definition) is 1. The number of hydrogen-bond acceptors (Lipinski definition) is 7. The molecule has 0 bridgehead atoms. The minimum Gasteiger partial charge on any atom is -0.491 e. The lowest BCUT2D eigenvalue weighted by Crippen LogP contribution is -2.14. The molecule has 2 aromatic carbocycles. The van der Waals surface area contributed by atoms with E-state index in [9.17, 15) is 4.39 Å². The summed E-state index contributed by atoms with van der Waals surface area (Å²) in [6.07, 6.45) is 4.16. The number of anilines is 1. The zero-order valence-electron chi connectivity index (χ0n) is 20.6. The van der Waals surface area contributed by atoms with Crippen LogP contribution >= 0.6 is 0 Å². The van der Waals surface area contributed by atoms with E-state index in [1.54, 1.807) is 0 Å². The van der Waals surface area contributed by atoms with E-state index in [-0.39, 0.29) is 6.61 Å². The van der Waals surface area contributed by atoms with Gasteiger partial charge in [0.1, 0.15) is 19.0 Å². The summed E-state index contributed by atoms with van der Waals surface area (Å²) in [4.78, 5) is 0. The summed E-state index contributed by atoms with van der Waals surface area (Å²) < 4.78 is 44.1. The van der Waals surface area contributed by atoms with E-state index in [0.717, 1.165) is 22.6 Å². The van der Waals surface area contributed by atoms with E-state index < -0.39 is 6.67 Å². The van der Waals surface area contributed by atoms with Gasteiger partial charge in [0, 0.05) is 12.7 Å². The molecule has 0 spiro atoms. The van der Waals surface area contributed by atoms with Gasteiger partial charge < -0.3 is 33.7 Å². The second-order valence-electron chi connectivity index (χ2n) is 7.37. The molecule has 0 aliphatic heterocycles. The Morgan fingerprint density at radius 2 is 0.971 bits per heavy atom. The average Bonchev–Trinajstić information content (AvgIpc) is 2.90. The molecule has 0 atom stereocenters. The number of rotatable bonds is 21. The van der Waals surface area contributed by atoms with Crippen molar-refractivity contribution < 1.29 is 32.8 Å². The van der Waals surface area contributed by atoms with Gasteiger partial charge in [-0.05, 0) is 35.4 Å². The molecule has 0 heterocycles. The van der Waals surface area contributed by atoms with Gasteiger partial charge in [0.25, 0.3) is 0 Å². The normalized spacial score (nSPS) is 11.3. The molecule has 8 heteroatoms. The van der Waals surface area contributed by atoms with E-state index in [1.807, 2.05) is 31.3 Å². The summed E-state index contributed by atoms with van der Waals surface area (Å²) in [5.41, 5.74) is 3.36. The van der Waals surface area contributed by atoms with Gasteiger partial charge in [0.2, 0.25) is 0 Å². The number of halogens is 1. The highest BCUT2D eigenvalue weighted by atomic mass is 19.1. The van der Waals surface area contributed by atoms with Gasteiger partial charge in [-0.15, -0.1) is 0 Å². The number of alkyl halides is 1. The fourth-order valence-corrected chi connectivity index (χ4v) is 2.88. The van der Waals surface area contributed by atoms with Crippen LogP contribution in [0.25, 0.3) is 12.2 Å². The minimum atomic E-state index is -0.469. The predicted octanol–water partition coefficient (Wildman–Crippen LogP) is 4.33. The van der Waals surface area contributed by atoms with Crippen LogP contribution in [0.3, 0.4) is 0 Å². The Balaban J connectivity index is 1.40. The van der Waals surface area contributed by atoms with Gasteiger partial charge >= 0.3 is 0 Å². The van der Waals surface area contributed by atoms with Crippen molar-refractivity contribution in [1.29, 1.82) is 0 Å². The lowest BCUT2D eigenvalue weighted by Gasteiger charge is -2.09. The summed E-state index contributed by atoms with van der Waals surface area (Å²) >= 11 is 0. The highest BCUT2D eigenvalue weighted by Crippen LogP contribution is 2.15. The first-order chi connectivity index (χ1) is 17.3. The van der Waals surface area contributed by atoms with Gasteiger partial charge in [-0.1, -0.05) is 36.4 Å². The van der Waals surface area contributed by atoms with E-state index in [2.05, 4.69) is 41.7 Å². The maximum atomic E-state index is 11.8. The van der Waals surface area contributed by atoms with E-state index in [4.69, 9.17) is 28.4 Å². The fourth-order valence-electron chi connectivity index (χ4n) is 2.88. The van der Waals surface area contributed by atoms with E-state index in [0.29, 0.717) is 66.1 Å². The maximum Gasteiger partial charge on any atom is 0.119 e. The third-order valence-corrected chi connectivity index (χ3v) is 4.75. The Bertz CT molecular complexity index is 785. The van der Waals surface area contributed by atoms with Crippen LogP contribution in [0.2, 0.25) is 0 Å². The van der Waals surface area contributed by atoms with Crippen molar-refractivity contribution >= 4 is 17.8 Å². The molecular formula is C27H38FNO6. The van der Waals surface area contributed by atoms with Crippen molar-refractivity contribution in [2.75, 3.05) is 91.7 Å². The number of benzene rings is 2. The lowest BCUT2D eigenvalue weighted by molar-refractivity contribution is -0.0133. The van der Waals surface area contributed by atoms with Gasteiger partial charge in [0.15, 0.2) is 0 Å². The largest absolute Gasteiger partial charge is 0.491 e. The summed E-state index contributed by atoms with van der Waals surface area (Å²) in [6.45, 7) is 4.44. The van der Waals surface area contributed by atoms with E-state index in [1.165, 1.54) is 0 Å². The van der Waals surface area contributed by atoms with Crippen LogP contribution < -0.4 is 10.1 Å². The first-order valence-corrected chi connectivity index (χ1v) is 12.0. The van der Waals surface area contributed by atoms with Gasteiger partial charge in [0.05, 0.1) is 66.1 Å². The molecule has 0 fully saturated rings. The topological polar surface area (TPSA) is 67.4 Å². The molecule has 194 valence electrons. The van der Waals surface area contributed by atoms with Crippen molar-refractivity contribution in [2.24, 2.45) is 0 Å². The van der Waals surface area contributed by atoms with Gasteiger partial charge in [-0.2, -0.15) is 0 Å². The standard InChI is InChI=1S/C27H38FNO6/c1-29-26-8-4-24(5-9-26)2-3-25-6-10-27(11-7-25)35-23-22-34-21-20-33-19-18-32-17-16-31-15-14-30-13-12-28/h2-11,29H,12-23H2,1H3. The third-order valence-electron chi connectivity index (χ3n) is 4.75. The monoisotopic (exact) mass is 491 g/mol. The van der Waals surface area contributed by atoms with Crippen LogP contribution in [0.4, 0.5) is 10.1 Å². The maximum absolute atomic E-state index is 11.8. The summed E-state index contributed by atoms with van der Waals surface area (Å²) in [7, 11) is 1.91. The molecule has 2 aromatic rings. The molecule has 0 radical (unpaired) electrons. The molecule has 7 nitrogen and oxygen atoms in total. The molecule has 2 rings (SSSR count). The smallest absolute Gasteiger partial charge is 0.119 e. The first kappa shape index (κ1) is 28.7. The molecule has 0 amide bonds. The third kappa shape index (κ3) is 14.5. The summed E-state index contributed by atoms with van der Waals surface area (Å²) in [5, 5.41) is 3.11. The highest BCUT2D eigenvalue weighted by molar-refractivity contribution is 5.70. The summed E-state index contributed by atoms with van der Waals surface area (Å²) in [5.74, 6) is 0.814. The van der Waals surface area contributed by atoms with Gasteiger partial charge in [-0.25, -0.2) is 4.39 Å². The minimum absolute atomic E-state index is 0.119. The molecule has 35 heavy (non-hydrogen) atoms. The number of nitrogens with one attached hydrogen (secondary N) is 1. The van der Waals surface area contributed by atoms with E-state index >= 15 is 0 Å². The Hall–Kier alpha value is -2.49. The van der Waals surface area contributed by atoms with Crippen LogP contribution in [0, 0.1) is 0 Å². The van der Waals surface area contributed by atoms with Crippen molar-refractivity contribution in [1.82, 2.24) is 0 Å². The summed E-state index contributed by atoms with van der Waals surface area (Å²) in [6, 6.07) is 16.2. The molecular weight excluding hydrogens is 453 g/mol. The second-order valence-corrected chi connectivity index (χ2v) is 7.37. The van der Waals surface area contributed by atoms with Crippen LogP contribution in [-0.2, 0) is 23.7 Å². The van der Waals surface area contributed by atoms with Crippen LogP contribution in [0.5, 0.6) is 5.75 Å². The molecule has 0 saturated heterocycles. The van der Waals surface area contributed by atoms with Crippen LogP contribution in [0.15, 0.2) is 48.5 Å². The SMILES string of the molecule is CNc1ccc(C=Cc2ccc(OCCOCCOCCOCCOCCOCCF)cc2)cc1. The fraction of sp³-hybridized carbons (Fsp3) is 0.481. The molecule has 0 aliphatic rings. The first-order valence-electron chi connectivity index (χ1n) is 12.0. The Labute approximate surface area is 208 Å². The van der Waals surface area contributed by atoms with Gasteiger partial charge in [-0.3, -0.25) is 0 Å². The van der Waals surface area contributed by atoms with Crippen LogP contribution in [-0.4, -0.2) is 86.4 Å². The number of ether oxygens (including phenoxy) is 6. The molecule has 0 saturated carbocycles. The van der Waals surface area contributed by atoms with Crippen molar-refractivity contribution in [3.05, 3.63) is 59.7 Å². The quantitative estimate of drug-likeness (QED) is 0.206. The second kappa shape index (κ2) is 19.8. The highest BCUT2D eigenvalue weighted by Gasteiger charge is 1.97. The molecule has 0 aliphatic carbocycles. The van der Waals surface area contributed by atoms with Crippen molar-refractivity contribution in [2.45, 2.75) is 0 Å². The molecule has 0 aromatic heterocycles. The molecule has 0 unspecified atom stereocenters. The lowest BCUT2D eigenvalue weighted by atomic mass is 10.1. The predicted molar refractivity (Wildman–Crippen MR) is 137 cm³/mol. The van der Waals surface area contributed by atoms with Crippen molar-refractivity contribution in [3.63, 3.8) is 0 Å². The Kier molecular flexibility index (Phi) is 16.2. The van der Waals surface area contributed by atoms with Crippen molar-refractivity contribution in [3.8, 4) is 5.75 Å². The Morgan fingerprint density at radius 3 is 1.40 bits per heavy atom.